The number of rotatable bonds is 3. The highest BCUT2D eigenvalue weighted by Gasteiger charge is 2.15. The lowest BCUT2D eigenvalue weighted by Gasteiger charge is -2.10. The molecule has 2 nitrogen and oxygen atoms in total. The molecular weight excluding hydrogens is 181 g/mol. The maximum Gasteiger partial charge on any atom is 0.165 e. The number of halogens is 1. The average Bonchev–Trinajstić information content (AvgIpc) is 2.69. The molecule has 1 aromatic rings. The van der Waals surface area contributed by atoms with Crippen molar-refractivity contribution in [3.05, 3.63) is 30.1 Å². The third-order valence-corrected chi connectivity index (χ3v) is 2.47. The Morgan fingerprint density at radius 3 is 3.00 bits per heavy atom. The first-order valence-electron chi connectivity index (χ1n) is 4.94. The summed E-state index contributed by atoms with van der Waals surface area (Å²) >= 11 is 0. The highest BCUT2D eigenvalue weighted by atomic mass is 19.1. The Labute approximate surface area is 83.1 Å². The van der Waals surface area contributed by atoms with Gasteiger partial charge in [-0.3, -0.25) is 0 Å². The molecule has 0 aliphatic carbocycles. The fourth-order valence-electron chi connectivity index (χ4n) is 1.63. The molecule has 1 aliphatic rings. The predicted molar refractivity (Wildman–Crippen MR) is 52.9 cm³/mol. The Balaban J connectivity index is 1.88. The molecule has 0 bridgehead atoms. The molecule has 1 N–H and O–H groups in total. The van der Waals surface area contributed by atoms with E-state index in [9.17, 15) is 4.39 Å². The predicted octanol–water partition coefficient (Wildman–Crippen LogP) is 1.81. The van der Waals surface area contributed by atoms with Crippen molar-refractivity contribution in [2.45, 2.75) is 6.42 Å². The quantitative estimate of drug-likeness (QED) is 0.794. The lowest BCUT2D eigenvalue weighted by Crippen LogP contribution is -2.15. The summed E-state index contributed by atoms with van der Waals surface area (Å²) in [6.45, 7) is 2.63. The first kappa shape index (κ1) is 9.46. The molecule has 3 heteroatoms. The Morgan fingerprint density at radius 2 is 2.29 bits per heavy atom. The van der Waals surface area contributed by atoms with Crippen LogP contribution in [-0.4, -0.2) is 19.7 Å². The van der Waals surface area contributed by atoms with Gasteiger partial charge in [0.05, 0.1) is 6.61 Å². The lowest BCUT2D eigenvalue weighted by atomic mass is 10.1. The zero-order chi connectivity index (χ0) is 9.80. The molecule has 0 aromatic heterocycles. The molecule has 76 valence electrons. The van der Waals surface area contributed by atoms with Crippen molar-refractivity contribution in [3.63, 3.8) is 0 Å². The molecule has 2 rings (SSSR count). The van der Waals surface area contributed by atoms with Crippen LogP contribution in [0.15, 0.2) is 24.3 Å². The Bertz CT molecular complexity index is 297. The fraction of sp³-hybridized carbons (Fsp3) is 0.455. The molecule has 1 aromatic carbocycles. The van der Waals surface area contributed by atoms with Crippen molar-refractivity contribution in [3.8, 4) is 5.75 Å². The largest absolute Gasteiger partial charge is 0.490 e. The van der Waals surface area contributed by atoms with Crippen molar-refractivity contribution in [2.75, 3.05) is 19.7 Å². The van der Waals surface area contributed by atoms with Crippen LogP contribution in [-0.2, 0) is 0 Å². The van der Waals surface area contributed by atoms with Gasteiger partial charge in [-0.2, -0.15) is 0 Å². The van der Waals surface area contributed by atoms with Gasteiger partial charge in [-0.15, -0.1) is 0 Å². The van der Waals surface area contributed by atoms with E-state index in [-0.39, 0.29) is 5.82 Å². The van der Waals surface area contributed by atoms with Gasteiger partial charge in [-0.25, -0.2) is 4.39 Å². The molecule has 1 fully saturated rings. The molecule has 0 unspecified atom stereocenters. The van der Waals surface area contributed by atoms with Crippen LogP contribution in [0.5, 0.6) is 5.75 Å². The fourth-order valence-corrected chi connectivity index (χ4v) is 1.63. The minimum Gasteiger partial charge on any atom is -0.490 e. The van der Waals surface area contributed by atoms with Gasteiger partial charge in [0.1, 0.15) is 0 Å². The molecule has 1 heterocycles. The van der Waals surface area contributed by atoms with Crippen LogP contribution in [0.25, 0.3) is 0 Å². The second kappa shape index (κ2) is 4.42. The van der Waals surface area contributed by atoms with E-state index in [1.807, 2.05) is 0 Å². The van der Waals surface area contributed by atoms with Crippen LogP contribution in [0.2, 0.25) is 0 Å². The van der Waals surface area contributed by atoms with E-state index < -0.39 is 0 Å². The molecule has 1 aliphatic heterocycles. The first-order chi connectivity index (χ1) is 6.86. The highest BCUT2D eigenvalue weighted by molar-refractivity contribution is 5.23. The van der Waals surface area contributed by atoms with E-state index in [1.54, 1.807) is 18.2 Å². The van der Waals surface area contributed by atoms with E-state index in [0.29, 0.717) is 18.3 Å². The van der Waals surface area contributed by atoms with Gasteiger partial charge in [0.15, 0.2) is 11.6 Å². The van der Waals surface area contributed by atoms with Gasteiger partial charge in [0, 0.05) is 12.5 Å². The van der Waals surface area contributed by atoms with Crippen molar-refractivity contribution in [1.82, 2.24) is 5.32 Å². The second-order valence-electron chi connectivity index (χ2n) is 3.60. The standard InChI is InChI=1S/C11H14FNO/c12-10-3-1-2-4-11(10)14-8-9-5-6-13-7-9/h1-4,9,13H,5-8H2/t9-/m0/s1. The summed E-state index contributed by atoms with van der Waals surface area (Å²) in [5.74, 6) is 0.604. The molecule has 0 radical (unpaired) electrons. The molecule has 1 saturated heterocycles. The normalized spacial score (nSPS) is 21.1. The van der Waals surface area contributed by atoms with E-state index in [0.717, 1.165) is 19.5 Å². The SMILES string of the molecule is Fc1ccccc1OC[C@H]1CCNC1. The van der Waals surface area contributed by atoms with Gasteiger partial charge in [-0.1, -0.05) is 12.1 Å². The van der Waals surface area contributed by atoms with E-state index in [1.165, 1.54) is 6.07 Å². The molecule has 0 amide bonds. The van der Waals surface area contributed by atoms with Crippen LogP contribution in [0.4, 0.5) is 4.39 Å². The second-order valence-corrected chi connectivity index (χ2v) is 3.60. The van der Waals surface area contributed by atoms with Gasteiger partial charge >= 0.3 is 0 Å². The van der Waals surface area contributed by atoms with Crippen LogP contribution in [0, 0.1) is 11.7 Å². The molecular formula is C11H14FNO. The van der Waals surface area contributed by atoms with E-state index in [2.05, 4.69) is 5.32 Å². The number of benzene rings is 1. The monoisotopic (exact) mass is 195 g/mol. The maximum absolute atomic E-state index is 13.1. The van der Waals surface area contributed by atoms with Crippen molar-refractivity contribution in [2.24, 2.45) is 5.92 Å². The maximum atomic E-state index is 13.1. The summed E-state index contributed by atoms with van der Waals surface area (Å²) in [5, 5.41) is 3.25. The summed E-state index contributed by atoms with van der Waals surface area (Å²) in [5.41, 5.74) is 0. The van der Waals surface area contributed by atoms with E-state index >= 15 is 0 Å². The van der Waals surface area contributed by atoms with Crippen molar-refractivity contribution in [1.29, 1.82) is 0 Å². The van der Waals surface area contributed by atoms with Crippen LogP contribution in [0.3, 0.4) is 0 Å². The highest BCUT2D eigenvalue weighted by Crippen LogP contribution is 2.17. The number of hydrogen-bond acceptors (Lipinski definition) is 2. The summed E-state index contributed by atoms with van der Waals surface area (Å²) in [4.78, 5) is 0. The van der Waals surface area contributed by atoms with Crippen molar-refractivity contribution >= 4 is 0 Å². The first-order valence-corrected chi connectivity index (χ1v) is 4.94. The van der Waals surface area contributed by atoms with Gasteiger partial charge in [0.25, 0.3) is 0 Å². The summed E-state index contributed by atoms with van der Waals surface area (Å²) < 4.78 is 18.5. The van der Waals surface area contributed by atoms with Gasteiger partial charge < -0.3 is 10.1 Å². The van der Waals surface area contributed by atoms with Gasteiger partial charge in [-0.05, 0) is 25.1 Å². The van der Waals surface area contributed by atoms with Crippen LogP contribution < -0.4 is 10.1 Å². The van der Waals surface area contributed by atoms with E-state index in [4.69, 9.17) is 4.74 Å². The minimum absolute atomic E-state index is 0.279. The average molecular weight is 195 g/mol. The van der Waals surface area contributed by atoms with Crippen molar-refractivity contribution < 1.29 is 9.13 Å². The smallest absolute Gasteiger partial charge is 0.165 e. The third kappa shape index (κ3) is 2.23. The lowest BCUT2D eigenvalue weighted by molar-refractivity contribution is 0.249. The molecule has 0 saturated carbocycles. The Hall–Kier alpha value is -1.09. The number of ether oxygens (including phenoxy) is 1. The van der Waals surface area contributed by atoms with Crippen LogP contribution >= 0.6 is 0 Å². The molecule has 1 atom stereocenters. The number of para-hydroxylation sites is 1. The number of hydrogen-bond donors (Lipinski definition) is 1. The summed E-state index contributed by atoms with van der Waals surface area (Å²) in [6, 6.07) is 6.53. The zero-order valence-electron chi connectivity index (χ0n) is 8.00. The Morgan fingerprint density at radius 1 is 1.43 bits per heavy atom. The topological polar surface area (TPSA) is 21.3 Å². The third-order valence-electron chi connectivity index (χ3n) is 2.47. The Kier molecular flexibility index (Phi) is 2.99. The summed E-state index contributed by atoms with van der Waals surface area (Å²) in [7, 11) is 0. The molecule has 0 spiro atoms. The van der Waals surface area contributed by atoms with Gasteiger partial charge in [0.2, 0.25) is 0 Å². The zero-order valence-corrected chi connectivity index (χ0v) is 8.00. The molecule has 14 heavy (non-hydrogen) atoms. The van der Waals surface area contributed by atoms with Crippen LogP contribution in [0.1, 0.15) is 6.42 Å². The number of nitrogens with one attached hydrogen (secondary N) is 1. The minimum atomic E-state index is -0.279. The summed E-state index contributed by atoms with van der Waals surface area (Å²) in [6.07, 6.45) is 1.12.